The molecular weight excluding hydrogens is 158 g/mol. The van der Waals surface area contributed by atoms with Crippen molar-refractivity contribution in [3.63, 3.8) is 0 Å². The third kappa shape index (κ3) is 0.945. The number of carbonyl (C=O) groups is 2. The van der Waals surface area contributed by atoms with Crippen LogP contribution in [0.1, 0.15) is 0 Å². The van der Waals surface area contributed by atoms with E-state index in [9.17, 15) is 9.59 Å². The molecule has 0 bridgehead atoms. The number of hydrogen-bond donors (Lipinski definition) is 1. The lowest BCUT2D eigenvalue weighted by Crippen LogP contribution is -2.63. The molecule has 56 valence electrons. The number of esters is 1. The summed E-state index contributed by atoms with van der Waals surface area (Å²) in [5, 5.41) is 1.54. The molecule has 1 N–H and O–H groups in total. The molecule has 0 radical (unpaired) electrons. The van der Waals surface area contributed by atoms with Gasteiger partial charge < -0.3 is 10.1 Å². The number of nitrogens with one attached hydrogen (secondary N) is 1. The van der Waals surface area contributed by atoms with E-state index in [0.29, 0.717) is 0 Å². The van der Waals surface area contributed by atoms with Crippen LogP contribution in [-0.4, -0.2) is 30.4 Å². The van der Waals surface area contributed by atoms with Gasteiger partial charge in [-0.15, -0.1) is 11.6 Å². The van der Waals surface area contributed by atoms with Crippen molar-refractivity contribution in [3.8, 4) is 0 Å². The average molecular weight is 164 g/mol. The number of hydrogen-bond acceptors (Lipinski definition) is 3. The Labute approximate surface area is 62.5 Å². The third-order valence-electron chi connectivity index (χ3n) is 1.30. The number of ether oxygens (including phenoxy) is 1. The maximum atomic E-state index is 10.6. The Morgan fingerprint density at radius 3 is 2.70 bits per heavy atom. The fourth-order valence-electron chi connectivity index (χ4n) is 0.667. The van der Waals surface area contributed by atoms with Crippen molar-refractivity contribution in [2.75, 3.05) is 7.11 Å². The van der Waals surface area contributed by atoms with Gasteiger partial charge in [0.2, 0.25) is 5.91 Å². The number of carbonyl (C=O) groups excluding carboxylic acids is 2. The first-order valence-corrected chi connectivity index (χ1v) is 3.12. The highest BCUT2D eigenvalue weighted by Crippen LogP contribution is 2.13. The lowest BCUT2D eigenvalue weighted by atomic mass is 10.1. The molecule has 0 saturated carbocycles. The average Bonchev–Trinajstić information content (AvgIpc) is 1.98. The van der Waals surface area contributed by atoms with Crippen molar-refractivity contribution < 1.29 is 14.3 Å². The van der Waals surface area contributed by atoms with Gasteiger partial charge in [-0.3, -0.25) is 4.79 Å². The van der Waals surface area contributed by atoms with Crippen LogP contribution < -0.4 is 5.32 Å². The zero-order valence-corrected chi connectivity index (χ0v) is 6.01. The van der Waals surface area contributed by atoms with Gasteiger partial charge in [0.15, 0.2) is 6.04 Å². The van der Waals surface area contributed by atoms with Gasteiger partial charge in [-0.1, -0.05) is 0 Å². The smallest absolute Gasteiger partial charge is 0.330 e. The van der Waals surface area contributed by atoms with Crippen LogP contribution in [0, 0.1) is 0 Å². The molecule has 1 amide bonds. The summed E-state index contributed by atoms with van der Waals surface area (Å²) < 4.78 is 4.33. The predicted octanol–water partition coefficient (Wildman–Crippen LogP) is -0.735. The van der Waals surface area contributed by atoms with Gasteiger partial charge in [0.25, 0.3) is 0 Å². The normalized spacial score (nSPS) is 30.4. The molecule has 0 unspecified atom stereocenters. The van der Waals surface area contributed by atoms with Crippen LogP contribution in [0.3, 0.4) is 0 Å². The van der Waals surface area contributed by atoms with Gasteiger partial charge in [0.1, 0.15) is 5.38 Å². The van der Waals surface area contributed by atoms with Gasteiger partial charge in [-0.05, 0) is 0 Å². The first kappa shape index (κ1) is 7.34. The molecule has 0 spiro atoms. The van der Waals surface area contributed by atoms with Crippen molar-refractivity contribution in [1.29, 1.82) is 0 Å². The molecule has 1 heterocycles. The fraction of sp³-hybridized carbons (Fsp3) is 0.600. The van der Waals surface area contributed by atoms with E-state index >= 15 is 0 Å². The second-order valence-corrected chi connectivity index (χ2v) is 2.38. The minimum atomic E-state index is -0.757. The minimum absolute atomic E-state index is 0.322. The van der Waals surface area contributed by atoms with Crippen molar-refractivity contribution in [2.24, 2.45) is 0 Å². The maximum Gasteiger partial charge on any atom is 0.330 e. The van der Waals surface area contributed by atoms with E-state index in [2.05, 4.69) is 10.1 Å². The zero-order chi connectivity index (χ0) is 7.72. The highest BCUT2D eigenvalue weighted by molar-refractivity contribution is 6.35. The molecule has 0 aliphatic carbocycles. The summed E-state index contributed by atoms with van der Waals surface area (Å²) in [4.78, 5) is 21.0. The molecule has 1 aliphatic heterocycles. The molecule has 1 rings (SSSR count). The highest BCUT2D eigenvalue weighted by atomic mass is 35.5. The largest absolute Gasteiger partial charge is 0.467 e. The topological polar surface area (TPSA) is 55.4 Å². The van der Waals surface area contributed by atoms with E-state index in [0.717, 1.165) is 0 Å². The van der Waals surface area contributed by atoms with Crippen LogP contribution in [0.2, 0.25) is 0 Å². The number of β-lactam (4-membered cyclic amide) rings is 1. The van der Waals surface area contributed by atoms with Gasteiger partial charge in [-0.25, -0.2) is 4.79 Å². The zero-order valence-electron chi connectivity index (χ0n) is 5.26. The lowest BCUT2D eigenvalue weighted by Gasteiger charge is -2.29. The number of alkyl halides is 1. The Balaban J connectivity index is 2.47. The monoisotopic (exact) mass is 163 g/mol. The predicted molar refractivity (Wildman–Crippen MR) is 33.6 cm³/mol. The summed E-state index contributed by atoms with van der Waals surface area (Å²) in [7, 11) is 1.25. The molecular formula is C5H6ClNO3. The third-order valence-corrected chi connectivity index (χ3v) is 1.75. The SMILES string of the molecule is COC(=O)[C@@H]1NC(=O)[C@@H]1Cl. The van der Waals surface area contributed by atoms with E-state index in [-0.39, 0.29) is 5.91 Å². The van der Waals surface area contributed by atoms with Crippen LogP contribution in [0.15, 0.2) is 0 Å². The molecule has 1 saturated heterocycles. The summed E-state index contributed by atoms with van der Waals surface area (Å²) in [6.45, 7) is 0. The van der Waals surface area contributed by atoms with Crippen LogP contribution in [-0.2, 0) is 14.3 Å². The molecule has 4 nitrogen and oxygen atoms in total. The Kier molecular flexibility index (Phi) is 1.80. The van der Waals surface area contributed by atoms with E-state index < -0.39 is 17.4 Å². The molecule has 5 heteroatoms. The Bertz CT molecular complexity index is 182. The Morgan fingerprint density at radius 1 is 1.80 bits per heavy atom. The highest BCUT2D eigenvalue weighted by Gasteiger charge is 2.43. The molecule has 10 heavy (non-hydrogen) atoms. The van der Waals surface area contributed by atoms with Gasteiger partial charge in [-0.2, -0.15) is 0 Å². The summed E-state index contributed by atoms with van der Waals surface area (Å²) in [6.07, 6.45) is 0. The first-order valence-electron chi connectivity index (χ1n) is 2.69. The lowest BCUT2D eigenvalue weighted by molar-refractivity contribution is -0.150. The molecule has 0 aromatic rings. The van der Waals surface area contributed by atoms with Gasteiger partial charge in [0, 0.05) is 0 Å². The van der Waals surface area contributed by atoms with E-state index in [1.54, 1.807) is 0 Å². The molecule has 0 aromatic carbocycles. The fourth-order valence-corrected chi connectivity index (χ4v) is 0.895. The van der Waals surface area contributed by atoms with Crippen LogP contribution >= 0.6 is 11.6 Å². The second kappa shape index (κ2) is 2.46. The number of rotatable bonds is 1. The summed E-state index contributed by atoms with van der Waals surface area (Å²) in [5.41, 5.74) is 0. The van der Waals surface area contributed by atoms with E-state index in [1.165, 1.54) is 7.11 Å². The number of halogens is 1. The quantitative estimate of drug-likeness (QED) is 0.315. The summed E-state index contributed by atoms with van der Waals surface area (Å²) >= 11 is 5.43. The van der Waals surface area contributed by atoms with E-state index in [4.69, 9.17) is 11.6 Å². The minimum Gasteiger partial charge on any atom is -0.467 e. The molecule has 2 atom stereocenters. The number of amides is 1. The number of methoxy groups -OCH3 is 1. The van der Waals surface area contributed by atoms with Gasteiger partial charge in [0.05, 0.1) is 7.11 Å². The van der Waals surface area contributed by atoms with Gasteiger partial charge >= 0.3 is 5.97 Å². The van der Waals surface area contributed by atoms with Crippen LogP contribution in [0.25, 0.3) is 0 Å². The standard InChI is InChI=1S/C5H6ClNO3/c1-10-5(9)3-2(6)4(8)7-3/h2-3H,1H3,(H,7,8)/t2-,3-/m1/s1. The van der Waals surface area contributed by atoms with Crippen molar-refractivity contribution >= 4 is 23.5 Å². The first-order chi connectivity index (χ1) is 4.66. The van der Waals surface area contributed by atoms with Crippen LogP contribution in [0.4, 0.5) is 0 Å². The summed E-state index contributed by atoms with van der Waals surface area (Å²) in [5.74, 6) is -0.823. The Hall–Kier alpha value is -0.770. The van der Waals surface area contributed by atoms with E-state index in [1.807, 2.05) is 0 Å². The molecule has 1 aliphatic rings. The molecule has 1 fully saturated rings. The maximum absolute atomic E-state index is 10.6. The van der Waals surface area contributed by atoms with Crippen molar-refractivity contribution in [1.82, 2.24) is 5.32 Å². The summed E-state index contributed by atoms with van der Waals surface area (Å²) in [6, 6.07) is -0.654. The molecule has 0 aromatic heterocycles. The second-order valence-electron chi connectivity index (χ2n) is 1.91. The van der Waals surface area contributed by atoms with Crippen molar-refractivity contribution in [3.05, 3.63) is 0 Å². The van der Waals surface area contributed by atoms with Crippen LogP contribution in [0.5, 0.6) is 0 Å². The Morgan fingerprint density at radius 2 is 2.40 bits per heavy atom. The van der Waals surface area contributed by atoms with Crippen molar-refractivity contribution in [2.45, 2.75) is 11.4 Å².